The molecular formula is C5H11NOS2. The lowest BCUT2D eigenvalue weighted by Crippen LogP contribution is -2.32. The molecular weight excluding hydrogens is 154 g/mol. The minimum absolute atomic E-state index is 0.0764. The molecule has 0 saturated carbocycles. The van der Waals surface area contributed by atoms with Crippen molar-refractivity contribution in [3.8, 4) is 0 Å². The van der Waals surface area contributed by atoms with Crippen molar-refractivity contribution in [2.75, 3.05) is 12.3 Å². The summed E-state index contributed by atoms with van der Waals surface area (Å²) in [6.07, 6.45) is 0. The van der Waals surface area contributed by atoms with Gasteiger partial charge in [0.1, 0.15) is 0 Å². The van der Waals surface area contributed by atoms with Gasteiger partial charge in [-0.2, -0.15) is 17.7 Å². The third kappa shape index (κ3) is 3.86. The molecule has 0 aliphatic rings. The van der Waals surface area contributed by atoms with Crippen LogP contribution in [0.5, 0.6) is 0 Å². The minimum Gasteiger partial charge on any atom is -0.313 e. The van der Waals surface area contributed by atoms with E-state index in [9.17, 15) is 0 Å². The molecule has 0 heterocycles. The average molecular weight is 165 g/mol. The third-order valence-corrected chi connectivity index (χ3v) is 1.71. The topological polar surface area (TPSA) is 23.5 Å². The van der Waals surface area contributed by atoms with E-state index in [1.54, 1.807) is 0 Å². The molecule has 0 rings (SSSR count). The molecule has 0 fully saturated rings. The molecule has 4 heteroatoms. The summed E-state index contributed by atoms with van der Waals surface area (Å²) < 4.78 is 0. The highest BCUT2D eigenvalue weighted by molar-refractivity contribution is 7.80. The molecule has 0 aromatic rings. The van der Waals surface area contributed by atoms with Gasteiger partial charge in [-0.05, 0) is 12.3 Å². The van der Waals surface area contributed by atoms with Gasteiger partial charge in [-0.3, -0.25) is 0 Å². The van der Waals surface area contributed by atoms with Crippen molar-refractivity contribution in [1.29, 1.82) is 0 Å². The van der Waals surface area contributed by atoms with Gasteiger partial charge in [-0.1, -0.05) is 12.2 Å². The monoisotopic (exact) mass is 165 g/mol. The molecule has 0 saturated heterocycles. The summed E-state index contributed by atoms with van der Waals surface area (Å²) in [6, 6.07) is 0.0764. The summed E-state index contributed by atoms with van der Waals surface area (Å²) in [5, 5.41) is 11.7. The van der Waals surface area contributed by atoms with Crippen LogP contribution in [0.3, 0.4) is 0 Å². The number of thiocarbonyl (C=S) groups is 1. The molecule has 1 unspecified atom stereocenters. The van der Waals surface area contributed by atoms with Gasteiger partial charge in [0.25, 0.3) is 0 Å². The molecule has 0 aliphatic carbocycles. The molecule has 0 aromatic carbocycles. The summed E-state index contributed by atoms with van der Waals surface area (Å²) in [4.78, 5) is 0. The van der Waals surface area contributed by atoms with E-state index in [2.05, 4.69) is 24.8 Å². The molecule has 2 nitrogen and oxygen atoms in total. The van der Waals surface area contributed by atoms with Crippen molar-refractivity contribution in [3.05, 3.63) is 0 Å². The van der Waals surface area contributed by atoms with Crippen LogP contribution in [0, 0.1) is 0 Å². The number of hydroxylamine groups is 2. The fourth-order valence-corrected chi connectivity index (χ4v) is 0.692. The zero-order valence-corrected chi connectivity index (χ0v) is 7.03. The SMILES string of the molecule is CC(CS)N(O)CC=S. The third-order valence-electron chi connectivity index (χ3n) is 1.03. The highest BCUT2D eigenvalue weighted by atomic mass is 32.1. The van der Waals surface area contributed by atoms with Gasteiger partial charge in [-0.15, -0.1) is 0 Å². The second-order valence-corrected chi connectivity index (χ2v) is 2.52. The molecule has 9 heavy (non-hydrogen) atoms. The molecule has 1 N–H and O–H groups in total. The molecule has 54 valence electrons. The first-order chi connectivity index (χ1) is 4.22. The lowest BCUT2D eigenvalue weighted by molar-refractivity contribution is -0.0997. The molecule has 0 bridgehead atoms. The van der Waals surface area contributed by atoms with Gasteiger partial charge in [0.15, 0.2) is 0 Å². The number of hydrogen-bond donors (Lipinski definition) is 2. The van der Waals surface area contributed by atoms with Gasteiger partial charge in [0.05, 0.1) is 6.54 Å². The van der Waals surface area contributed by atoms with Crippen LogP contribution in [0.4, 0.5) is 0 Å². The zero-order chi connectivity index (χ0) is 7.28. The van der Waals surface area contributed by atoms with Crippen LogP contribution < -0.4 is 0 Å². The Morgan fingerprint density at radius 3 is 2.78 bits per heavy atom. The lowest BCUT2D eigenvalue weighted by atomic mass is 10.4. The van der Waals surface area contributed by atoms with Crippen molar-refractivity contribution in [3.63, 3.8) is 0 Å². The Bertz CT molecular complexity index is 89.0. The van der Waals surface area contributed by atoms with E-state index < -0.39 is 0 Å². The largest absolute Gasteiger partial charge is 0.313 e. The number of hydrogen-bond acceptors (Lipinski definition) is 4. The first-order valence-corrected chi connectivity index (χ1v) is 3.82. The first-order valence-electron chi connectivity index (χ1n) is 2.72. The molecule has 0 amide bonds. The van der Waals surface area contributed by atoms with E-state index >= 15 is 0 Å². The summed E-state index contributed by atoms with van der Waals surface area (Å²) in [7, 11) is 0. The maximum absolute atomic E-state index is 9.00. The van der Waals surface area contributed by atoms with Crippen LogP contribution in [-0.4, -0.2) is 34.0 Å². The van der Waals surface area contributed by atoms with E-state index in [1.165, 1.54) is 10.4 Å². The summed E-state index contributed by atoms with van der Waals surface area (Å²) in [5.41, 5.74) is 0. The van der Waals surface area contributed by atoms with Crippen LogP contribution >= 0.6 is 24.8 Å². The fourth-order valence-electron chi connectivity index (χ4n) is 0.351. The van der Waals surface area contributed by atoms with Crippen LogP contribution in [0.25, 0.3) is 0 Å². The van der Waals surface area contributed by atoms with E-state index in [4.69, 9.17) is 5.21 Å². The van der Waals surface area contributed by atoms with Gasteiger partial charge in [0.2, 0.25) is 0 Å². The van der Waals surface area contributed by atoms with Crippen LogP contribution in [0.15, 0.2) is 0 Å². The second-order valence-electron chi connectivity index (χ2n) is 1.82. The van der Waals surface area contributed by atoms with Gasteiger partial charge in [0, 0.05) is 11.8 Å². The highest BCUT2D eigenvalue weighted by Gasteiger charge is 2.05. The van der Waals surface area contributed by atoms with E-state index in [0.717, 1.165) is 0 Å². The minimum atomic E-state index is 0.0764. The van der Waals surface area contributed by atoms with Crippen molar-refractivity contribution < 1.29 is 5.21 Å². The quantitative estimate of drug-likeness (QED) is 0.369. The van der Waals surface area contributed by atoms with E-state index in [1.807, 2.05) is 6.92 Å². The molecule has 1 atom stereocenters. The lowest BCUT2D eigenvalue weighted by Gasteiger charge is -2.17. The van der Waals surface area contributed by atoms with E-state index in [-0.39, 0.29) is 6.04 Å². The number of rotatable bonds is 4. The van der Waals surface area contributed by atoms with Gasteiger partial charge in [-0.25, -0.2) is 0 Å². The van der Waals surface area contributed by atoms with Crippen molar-refractivity contribution in [2.45, 2.75) is 13.0 Å². The predicted molar refractivity (Wildman–Crippen MR) is 45.5 cm³/mol. The summed E-state index contributed by atoms with van der Waals surface area (Å²) in [6.45, 7) is 2.31. The first kappa shape index (κ1) is 9.36. The molecule has 0 radical (unpaired) electrons. The maximum Gasteiger partial charge on any atom is 0.0525 e. The van der Waals surface area contributed by atoms with Crippen molar-refractivity contribution in [2.24, 2.45) is 0 Å². The summed E-state index contributed by atoms with van der Waals surface area (Å²) in [5.74, 6) is 0.639. The number of nitrogens with zero attached hydrogens (tertiary/aromatic N) is 1. The number of thiol groups is 1. The maximum atomic E-state index is 9.00. The zero-order valence-electron chi connectivity index (χ0n) is 5.32. The Morgan fingerprint density at radius 1 is 1.89 bits per heavy atom. The van der Waals surface area contributed by atoms with Crippen molar-refractivity contribution >= 4 is 30.2 Å². The van der Waals surface area contributed by atoms with Crippen molar-refractivity contribution in [1.82, 2.24) is 5.06 Å². The Hall–Kier alpha value is 0.360. The van der Waals surface area contributed by atoms with Gasteiger partial charge < -0.3 is 5.21 Å². The normalized spacial score (nSPS) is 13.8. The highest BCUT2D eigenvalue weighted by Crippen LogP contribution is 1.94. The standard InChI is InChI=1S/C5H11NOS2/c1-5(4-9)6(7)2-3-8/h3,5,7,9H,2,4H2,1H3. The molecule has 0 aromatic heterocycles. The van der Waals surface area contributed by atoms with Crippen LogP contribution in [0.2, 0.25) is 0 Å². The average Bonchev–Trinajstić information content (AvgIpc) is 1.87. The summed E-state index contributed by atoms with van der Waals surface area (Å²) >= 11 is 8.54. The second kappa shape index (κ2) is 5.17. The Kier molecular flexibility index (Phi) is 5.38. The smallest absolute Gasteiger partial charge is 0.0525 e. The Balaban J connectivity index is 3.44. The van der Waals surface area contributed by atoms with Gasteiger partial charge >= 0.3 is 0 Å². The Labute approximate surface area is 66.2 Å². The van der Waals surface area contributed by atoms with E-state index in [0.29, 0.717) is 12.3 Å². The fraction of sp³-hybridized carbons (Fsp3) is 0.800. The van der Waals surface area contributed by atoms with Crippen LogP contribution in [0.1, 0.15) is 6.92 Å². The molecule has 0 spiro atoms. The Morgan fingerprint density at radius 2 is 2.44 bits per heavy atom. The van der Waals surface area contributed by atoms with Crippen LogP contribution in [-0.2, 0) is 0 Å². The molecule has 0 aliphatic heterocycles. The predicted octanol–water partition coefficient (Wildman–Crippen LogP) is 0.996.